The van der Waals surface area contributed by atoms with Gasteiger partial charge in [0.05, 0.1) is 6.04 Å². The molecule has 5 unspecified atom stereocenters. The minimum atomic E-state index is -1.13. The van der Waals surface area contributed by atoms with E-state index < -0.39 is 42.0 Å². The Morgan fingerprint density at radius 2 is 1.55 bits per heavy atom. The van der Waals surface area contributed by atoms with Gasteiger partial charge in [0.15, 0.2) is 0 Å². The van der Waals surface area contributed by atoms with Crippen LogP contribution < -0.4 is 16.4 Å². The van der Waals surface area contributed by atoms with Gasteiger partial charge in [-0.1, -0.05) is 80.9 Å². The molecule has 0 spiro atoms. The van der Waals surface area contributed by atoms with Crippen molar-refractivity contribution in [3.63, 3.8) is 0 Å². The number of benzene rings is 2. The highest BCUT2D eigenvalue weighted by molar-refractivity contribution is 5.94. The lowest BCUT2D eigenvalue weighted by Crippen LogP contribution is -2.58. The van der Waals surface area contributed by atoms with Gasteiger partial charge in [-0.25, -0.2) is 4.79 Å². The van der Waals surface area contributed by atoms with Crippen molar-refractivity contribution in [2.75, 3.05) is 6.54 Å². The summed E-state index contributed by atoms with van der Waals surface area (Å²) in [6, 6.07) is 15.0. The Morgan fingerprint density at radius 1 is 0.974 bits per heavy atom. The summed E-state index contributed by atoms with van der Waals surface area (Å²) in [6.07, 6.45) is 2.21. The molecule has 9 nitrogen and oxygen atoms in total. The summed E-state index contributed by atoms with van der Waals surface area (Å²) in [4.78, 5) is 53.2. The lowest BCUT2D eigenvalue weighted by atomic mass is 9.98. The number of nitrogens with two attached hydrogens (primary N) is 1. The Hall–Kier alpha value is -3.72. The third-order valence-electron chi connectivity index (χ3n) is 7.15. The monoisotopic (exact) mass is 522 g/mol. The molecule has 5 N–H and O–H groups in total. The van der Waals surface area contributed by atoms with Crippen LogP contribution in [0.3, 0.4) is 0 Å². The van der Waals surface area contributed by atoms with Gasteiger partial charge in [-0.2, -0.15) is 0 Å². The molecule has 5 atom stereocenters. The van der Waals surface area contributed by atoms with Gasteiger partial charge in [0.2, 0.25) is 17.7 Å². The summed E-state index contributed by atoms with van der Waals surface area (Å²) < 4.78 is 0. The molecule has 204 valence electrons. The van der Waals surface area contributed by atoms with Crippen molar-refractivity contribution in [2.45, 2.75) is 70.1 Å². The van der Waals surface area contributed by atoms with Gasteiger partial charge in [0.1, 0.15) is 18.1 Å². The van der Waals surface area contributed by atoms with Gasteiger partial charge in [-0.15, -0.1) is 0 Å². The van der Waals surface area contributed by atoms with Crippen LogP contribution in [-0.4, -0.2) is 64.4 Å². The molecular formula is C29H38N4O5. The van der Waals surface area contributed by atoms with Crippen LogP contribution in [0, 0.1) is 5.92 Å². The summed E-state index contributed by atoms with van der Waals surface area (Å²) in [5, 5.41) is 15.1. The fourth-order valence-corrected chi connectivity index (χ4v) is 4.74. The van der Waals surface area contributed by atoms with Crippen LogP contribution in [0.25, 0.3) is 0 Å². The Labute approximate surface area is 223 Å². The highest BCUT2D eigenvalue weighted by atomic mass is 16.4. The normalized spacial score (nSPS) is 18.2. The van der Waals surface area contributed by atoms with Crippen LogP contribution in [0.2, 0.25) is 0 Å². The number of carboxylic acids is 1. The molecule has 3 amide bonds. The molecule has 0 aliphatic carbocycles. The van der Waals surface area contributed by atoms with Crippen LogP contribution in [0.5, 0.6) is 0 Å². The maximum Gasteiger partial charge on any atom is 0.326 e. The van der Waals surface area contributed by atoms with Crippen LogP contribution >= 0.6 is 0 Å². The first-order valence-electron chi connectivity index (χ1n) is 13.2. The largest absolute Gasteiger partial charge is 0.480 e. The average molecular weight is 523 g/mol. The molecule has 1 fully saturated rings. The number of nitrogens with one attached hydrogen (secondary N) is 2. The first-order chi connectivity index (χ1) is 18.2. The first kappa shape index (κ1) is 28.8. The second-order valence-corrected chi connectivity index (χ2v) is 9.95. The zero-order valence-electron chi connectivity index (χ0n) is 22.0. The third kappa shape index (κ3) is 7.64. The maximum atomic E-state index is 13.4. The summed E-state index contributed by atoms with van der Waals surface area (Å²) in [5.41, 5.74) is 7.97. The second-order valence-electron chi connectivity index (χ2n) is 9.95. The van der Waals surface area contributed by atoms with E-state index in [1.54, 1.807) is 6.92 Å². The summed E-state index contributed by atoms with van der Waals surface area (Å²) in [5.74, 6) is -2.75. The van der Waals surface area contributed by atoms with Gasteiger partial charge < -0.3 is 26.4 Å². The van der Waals surface area contributed by atoms with E-state index in [2.05, 4.69) is 10.6 Å². The van der Waals surface area contributed by atoms with Crippen molar-refractivity contribution < 1.29 is 24.3 Å². The Bertz CT molecular complexity index is 1090. The smallest absolute Gasteiger partial charge is 0.326 e. The molecule has 9 heteroatoms. The fourth-order valence-electron chi connectivity index (χ4n) is 4.74. The molecule has 0 aromatic heterocycles. The fraction of sp³-hybridized carbons (Fsp3) is 0.448. The van der Waals surface area contributed by atoms with E-state index >= 15 is 0 Å². The van der Waals surface area contributed by atoms with E-state index in [9.17, 15) is 24.3 Å². The zero-order chi connectivity index (χ0) is 27.7. The number of carboxylic acid groups (broad SMARTS) is 1. The van der Waals surface area contributed by atoms with Crippen LogP contribution in [0.15, 0.2) is 60.7 Å². The molecule has 0 radical (unpaired) electrons. The first-order valence-corrected chi connectivity index (χ1v) is 13.2. The number of amides is 3. The van der Waals surface area contributed by atoms with Crippen molar-refractivity contribution in [1.82, 2.24) is 15.5 Å². The highest BCUT2D eigenvalue weighted by Gasteiger charge is 2.38. The molecule has 0 saturated carbocycles. The second kappa shape index (κ2) is 13.7. The van der Waals surface area contributed by atoms with E-state index in [0.29, 0.717) is 32.2 Å². The number of carbonyl (C=O) groups excluding carboxylic acids is 3. The van der Waals surface area contributed by atoms with Crippen LogP contribution in [-0.2, 0) is 32.0 Å². The molecule has 1 aliphatic rings. The summed E-state index contributed by atoms with van der Waals surface area (Å²) in [6.45, 7) is 4.01. The van der Waals surface area contributed by atoms with Gasteiger partial charge in [0.25, 0.3) is 0 Å². The lowest BCUT2D eigenvalue weighted by molar-refractivity contribution is -0.144. The SMILES string of the molecule is CCC(C)C(NC(=O)C(Cc1ccccc1)NC(=O)C1CCCN1C(=O)C(N)Cc1ccccc1)C(=O)O. The topological polar surface area (TPSA) is 142 Å². The van der Waals surface area contributed by atoms with Crippen LogP contribution in [0.4, 0.5) is 0 Å². The Kier molecular flexibility index (Phi) is 10.4. The number of nitrogens with zero attached hydrogens (tertiary/aromatic N) is 1. The molecule has 1 aliphatic heterocycles. The maximum absolute atomic E-state index is 13.4. The Balaban J connectivity index is 1.74. The molecule has 38 heavy (non-hydrogen) atoms. The predicted molar refractivity (Wildman–Crippen MR) is 144 cm³/mol. The van der Waals surface area contributed by atoms with Crippen LogP contribution in [0.1, 0.15) is 44.2 Å². The number of hydrogen-bond donors (Lipinski definition) is 4. The van der Waals surface area contributed by atoms with Crippen molar-refractivity contribution >= 4 is 23.7 Å². The minimum Gasteiger partial charge on any atom is -0.480 e. The van der Waals surface area contributed by atoms with Gasteiger partial charge >= 0.3 is 5.97 Å². The summed E-state index contributed by atoms with van der Waals surface area (Å²) in [7, 11) is 0. The molecule has 1 heterocycles. The van der Waals surface area contributed by atoms with E-state index in [1.165, 1.54) is 4.90 Å². The molecule has 3 rings (SSSR count). The third-order valence-corrected chi connectivity index (χ3v) is 7.15. The average Bonchev–Trinajstić information content (AvgIpc) is 3.41. The predicted octanol–water partition coefficient (Wildman–Crippen LogP) is 1.89. The minimum absolute atomic E-state index is 0.180. The molecule has 0 bridgehead atoms. The molecule has 2 aromatic rings. The zero-order valence-corrected chi connectivity index (χ0v) is 22.0. The molecule has 2 aromatic carbocycles. The van der Waals surface area contributed by atoms with Gasteiger partial charge in [-0.05, 0) is 36.3 Å². The summed E-state index contributed by atoms with van der Waals surface area (Å²) >= 11 is 0. The van der Waals surface area contributed by atoms with E-state index in [-0.39, 0.29) is 18.2 Å². The number of aliphatic carboxylic acids is 1. The van der Waals surface area contributed by atoms with Gasteiger partial charge in [0, 0.05) is 13.0 Å². The van der Waals surface area contributed by atoms with E-state index in [1.807, 2.05) is 67.6 Å². The lowest BCUT2D eigenvalue weighted by Gasteiger charge is -2.29. The molecule has 1 saturated heterocycles. The highest BCUT2D eigenvalue weighted by Crippen LogP contribution is 2.20. The van der Waals surface area contributed by atoms with Crippen molar-refractivity contribution in [3.8, 4) is 0 Å². The van der Waals surface area contributed by atoms with E-state index in [4.69, 9.17) is 5.73 Å². The molecular weight excluding hydrogens is 484 g/mol. The standard InChI is InChI=1S/C29H38N4O5/c1-3-19(2)25(29(37)38)32-26(34)23(18-21-13-8-5-9-14-21)31-27(35)24-15-10-16-33(24)28(36)22(30)17-20-11-6-4-7-12-20/h4-9,11-14,19,22-25H,3,10,15-18,30H2,1-2H3,(H,31,35)(H,32,34)(H,37,38). The van der Waals surface area contributed by atoms with Crippen molar-refractivity contribution in [3.05, 3.63) is 71.8 Å². The van der Waals surface area contributed by atoms with Crippen molar-refractivity contribution in [2.24, 2.45) is 11.7 Å². The van der Waals surface area contributed by atoms with Crippen molar-refractivity contribution in [1.29, 1.82) is 0 Å². The quantitative estimate of drug-likeness (QED) is 0.335. The van der Waals surface area contributed by atoms with E-state index in [0.717, 1.165) is 11.1 Å². The number of rotatable bonds is 12. The van der Waals surface area contributed by atoms with Gasteiger partial charge in [-0.3, -0.25) is 14.4 Å². The number of carbonyl (C=O) groups is 4. The number of likely N-dealkylation sites (tertiary alicyclic amines) is 1. The number of hydrogen-bond acceptors (Lipinski definition) is 5. The Morgan fingerprint density at radius 3 is 2.11 bits per heavy atom.